The van der Waals surface area contributed by atoms with Crippen molar-refractivity contribution in [1.82, 2.24) is 15.8 Å². The summed E-state index contributed by atoms with van der Waals surface area (Å²) in [4.78, 5) is 12.1. The molecule has 0 fully saturated rings. The number of hydrogen-bond acceptors (Lipinski definition) is 4. The maximum absolute atomic E-state index is 12.1. The fourth-order valence-electron chi connectivity index (χ4n) is 2.37. The minimum Gasteiger partial charge on any atom is -0.496 e. The number of hydrogen-bond donors (Lipinski definition) is 2. The van der Waals surface area contributed by atoms with Gasteiger partial charge in [0.05, 0.1) is 25.4 Å². The number of amides is 2. The topological polar surface area (TPSA) is 76.4 Å². The molecule has 0 saturated heterocycles. The smallest absolute Gasteiger partial charge is 0.315 e. The summed E-state index contributed by atoms with van der Waals surface area (Å²) in [5.74, 6) is 1.69. The Balaban J connectivity index is 1.93. The van der Waals surface area contributed by atoms with Crippen LogP contribution in [-0.2, 0) is 6.54 Å². The van der Waals surface area contributed by atoms with Crippen molar-refractivity contribution in [1.29, 1.82) is 0 Å². The Morgan fingerprint density at radius 1 is 1.29 bits per heavy atom. The van der Waals surface area contributed by atoms with Gasteiger partial charge in [-0.05, 0) is 25.8 Å². The highest BCUT2D eigenvalue weighted by molar-refractivity contribution is 5.74. The summed E-state index contributed by atoms with van der Waals surface area (Å²) in [5, 5.41) is 9.66. The first-order valence-electron chi connectivity index (χ1n) is 8.05. The molecule has 130 valence electrons. The van der Waals surface area contributed by atoms with Crippen molar-refractivity contribution in [3.05, 3.63) is 46.8 Å². The number of aryl methyl sites for hydroxylation is 1. The van der Waals surface area contributed by atoms with Crippen LogP contribution in [0.4, 0.5) is 4.79 Å². The van der Waals surface area contributed by atoms with E-state index in [0.717, 1.165) is 22.6 Å². The van der Waals surface area contributed by atoms with Crippen LogP contribution in [-0.4, -0.2) is 18.3 Å². The number of carbonyl (C=O) groups excluding carboxylic acids is 1. The van der Waals surface area contributed by atoms with Crippen molar-refractivity contribution in [2.45, 2.75) is 46.2 Å². The standard InChI is InChI=1S/C18H25N3O3/c1-11(2)16-9-14(24-21-16)10-19-18(22)20-13(4)15-8-12(3)6-7-17(15)23-5/h6-9,11,13H,10H2,1-5H3,(H2,19,20,22)/t13-/m1/s1. The molecule has 2 aromatic rings. The largest absolute Gasteiger partial charge is 0.496 e. The highest BCUT2D eigenvalue weighted by Gasteiger charge is 2.15. The van der Waals surface area contributed by atoms with Crippen LogP contribution in [0.2, 0.25) is 0 Å². The molecule has 24 heavy (non-hydrogen) atoms. The van der Waals surface area contributed by atoms with Crippen LogP contribution in [0, 0.1) is 6.92 Å². The van der Waals surface area contributed by atoms with E-state index < -0.39 is 0 Å². The molecule has 0 aliphatic rings. The van der Waals surface area contributed by atoms with Gasteiger partial charge in [0.15, 0.2) is 5.76 Å². The molecule has 1 heterocycles. The predicted molar refractivity (Wildman–Crippen MR) is 92.1 cm³/mol. The Morgan fingerprint density at radius 3 is 2.67 bits per heavy atom. The van der Waals surface area contributed by atoms with Gasteiger partial charge in [0.2, 0.25) is 0 Å². The molecule has 6 nitrogen and oxygen atoms in total. The van der Waals surface area contributed by atoms with E-state index >= 15 is 0 Å². The second kappa shape index (κ2) is 7.86. The van der Waals surface area contributed by atoms with Crippen LogP contribution >= 0.6 is 0 Å². The number of aromatic nitrogens is 1. The van der Waals surface area contributed by atoms with E-state index in [9.17, 15) is 4.79 Å². The van der Waals surface area contributed by atoms with Crippen molar-refractivity contribution in [2.24, 2.45) is 0 Å². The van der Waals surface area contributed by atoms with Gasteiger partial charge in [-0.1, -0.05) is 36.7 Å². The average molecular weight is 331 g/mol. The van der Waals surface area contributed by atoms with E-state index in [2.05, 4.69) is 15.8 Å². The van der Waals surface area contributed by atoms with Gasteiger partial charge in [-0.3, -0.25) is 0 Å². The summed E-state index contributed by atoms with van der Waals surface area (Å²) in [6.45, 7) is 8.30. The third-order valence-electron chi connectivity index (χ3n) is 3.79. The first kappa shape index (κ1) is 17.8. The number of methoxy groups -OCH3 is 1. The minimum absolute atomic E-state index is 0.180. The molecule has 1 atom stereocenters. The predicted octanol–water partition coefficient (Wildman–Crippen LogP) is 3.68. The van der Waals surface area contributed by atoms with Crippen LogP contribution in [0.25, 0.3) is 0 Å². The van der Waals surface area contributed by atoms with E-state index in [1.54, 1.807) is 7.11 Å². The summed E-state index contributed by atoms with van der Waals surface area (Å²) >= 11 is 0. The normalized spacial score (nSPS) is 12.1. The van der Waals surface area contributed by atoms with Crippen molar-refractivity contribution in [3.63, 3.8) is 0 Å². The monoisotopic (exact) mass is 331 g/mol. The quantitative estimate of drug-likeness (QED) is 0.846. The van der Waals surface area contributed by atoms with E-state index in [0.29, 0.717) is 18.2 Å². The molecule has 0 bridgehead atoms. The number of benzene rings is 1. The summed E-state index contributed by atoms with van der Waals surface area (Å²) in [5.41, 5.74) is 2.93. The van der Waals surface area contributed by atoms with E-state index in [4.69, 9.17) is 9.26 Å². The maximum atomic E-state index is 12.1. The Hall–Kier alpha value is -2.50. The molecule has 0 radical (unpaired) electrons. The lowest BCUT2D eigenvalue weighted by atomic mass is 10.0. The van der Waals surface area contributed by atoms with Gasteiger partial charge in [-0.15, -0.1) is 0 Å². The highest BCUT2D eigenvalue weighted by atomic mass is 16.5. The van der Waals surface area contributed by atoms with Gasteiger partial charge in [0.1, 0.15) is 5.75 Å². The molecule has 0 unspecified atom stereocenters. The lowest BCUT2D eigenvalue weighted by Crippen LogP contribution is -2.36. The zero-order chi connectivity index (χ0) is 17.7. The molecular weight excluding hydrogens is 306 g/mol. The van der Waals surface area contributed by atoms with Gasteiger partial charge in [0.25, 0.3) is 0 Å². The summed E-state index contributed by atoms with van der Waals surface area (Å²) in [6.07, 6.45) is 0. The second-order valence-electron chi connectivity index (χ2n) is 6.17. The van der Waals surface area contributed by atoms with Gasteiger partial charge in [0, 0.05) is 11.6 Å². The van der Waals surface area contributed by atoms with E-state index in [1.807, 2.05) is 52.0 Å². The number of nitrogens with zero attached hydrogens (tertiary/aromatic N) is 1. The first-order chi connectivity index (χ1) is 11.4. The first-order valence-corrected chi connectivity index (χ1v) is 8.05. The molecule has 1 aromatic heterocycles. The third kappa shape index (κ3) is 4.50. The SMILES string of the molecule is COc1ccc(C)cc1[C@@H](C)NC(=O)NCc1cc(C(C)C)no1. The molecular formula is C18H25N3O3. The zero-order valence-electron chi connectivity index (χ0n) is 14.8. The number of carbonyl (C=O) groups is 1. The summed E-state index contributed by atoms with van der Waals surface area (Å²) < 4.78 is 10.6. The third-order valence-corrected chi connectivity index (χ3v) is 3.79. The van der Waals surface area contributed by atoms with Gasteiger partial charge in [-0.2, -0.15) is 0 Å². The zero-order valence-corrected chi connectivity index (χ0v) is 14.8. The Bertz CT molecular complexity index is 695. The summed E-state index contributed by atoms with van der Waals surface area (Å²) in [6, 6.07) is 7.30. The number of nitrogens with one attached hydrogen (secondary N) is 2. The molecule has 2 N–H and O–H groups in total. The lowest BCUT2D eigenvalue weighted by molar-refractivity contribution is 0.235. The van der Waals surface area contributed by atoms with Crippen LogP contribution in [0.3, 0.4) is 0 Å². The highest BCUT2D eigenvalue weighted by Crippen LogP contribution is 2.25. The molecule has 0 aliphatic carbocycles. The molecule has 0 saturated carbocycles. The Kier molecular flexibility index (Phi) is 5.84. The summed E-state index contributed by atoms with van der Waals surface area (Å²) in [7, 11) is 1.62. The molecule has 6 heteroatoms. The lowest BCUT2D eigenvalue weighted by Gasteiger charge is -2.18. The molecule has 0 aliphatic heterocycles. The van der Waals surface area contributed by atoms with Gasteiger partial charge >= 0.3 is 6.03 Å². The maximum Gasteiger partial charge on any atom is 0.315 e. The Morgan fingerprint density at radius 2 is 2.04 bits per heavy atom. The van der Waals surface area contributed by atoms with Crippen molar-refractivity contribution >= 4 is 6.03 Å². The fraction of sp³-hybridized carbons (Fsp3) is 0.444. The second-order valence-corrected chi connectivity index (χ2v) is 6.17. The van der Waals surface area contributed by atoms with Gasteiger partial charge < -0.3 is 19.9 Å². The molecule has 2 amide bonds. The number of rotatable bonds is 6. The fourth-order valence-corrected chi connectivity index (χ4v) is 2.37. The van der Waals surface area contributed by atoms with Gasteiger partial charge in [-0.25, -0.2) is 4.79 Å². The molecule has 1 aromatic carbocycles. The van der Waals surface area contributed by atoms with E-state index in [1.165, 1.54) is 0 Å². The van der Waals surface area contributed by atoms with Crippen LogP contribution < -0.4 is 15.4 Å². The Labute approximate surface area is 142 Å². The van der Waals surface area contributed by atoms with Crippen molar-refractivity contribution in [2.75, 3.05) is 7.11 Å². The van der Waals surface area contributed by atoms with Crippen LogP contribution in [0.15, 0.2) is 28.8 Å². The molecule has 0 spiro atoms. The van der Waals surface area contributed by atoms with E-state index in [-0.39, 0.29) is 12.1 Å². The van der Waals surface area contributed by atoms with Crippen molar-refractivity contribution < 1.29 is 14.1 Å². The number of ether oxygens (including phenoxy) is 1. The number of urea groups is 1. The van der Waals surface area contributed by atoms with Crippen molar-refractivity contribution in [3.8, 4) is 5.75 Å². The average Bonchev–Trinajstić information content (AvgIpc) is 3.02. The van der Waals surface area contributed by atoms with Crippen LogP contribution in [0.1, 0.15) is 55.3 Å². The minimum atomic E-state index is -0.270. The van der Waals surface area contributed by atoms with Crippen LogP contribution in [0.5, 0.6) is 5.75 Å². The molecule has 2 rings (SSSR count).